The van der Waals surface area contributed by atoms with Crippen LogP contribution < -0.4 is 5.32 Å². The summed E-state index contributed by atoms with van der Waals surface area (Å²) in [5, 5.41) is 11.8. The number of imidazole rings is 1. The van der Waals surface area contributed by atoms with E-state index in [1.807, 2.05) is 6.92 Å². The zero-order valence-electron chi connectivity index (χ0n) is 11.7. The number of hydrogen-bond acceptors (Lipinski definition) is 3. The molecule has 6 nitrogen and oxygen atoms in total. The fourth-order valence-corrected chi connectivity index (χ4v) is 2.35. The van der Waals surface area contributed by atoms with Gasteiger partial charge in [0.15, 0.2) is 0 Å². The third-order valence-corrected chi connectivity index (χ3v) is 3.35. The number of carboxylic acid groups (broad SMARTS) is 1. The highest BCUT2D eigenvalue weighted by Gasteiger charge is 2.22. The standard InChI is InChI=1S/C14H17N3O3/c1-4-11-16-12-9(14(19)20)6-5-7-10(12)17(11)8(2)13(18)15-3/h5-8H,4H2,1-3H3,(H,15,18)(H,19,20). The van der Waals surface area contributed by atoms with E-state index in [4.69, 9.17) is 0 Å². The molecule has 0 spiro atoms. The molecule has 2 aromatic rings. The molecule has 0 fully saturated rings. The first-order chi connectivity index (χ1) is 9.51. The van der Waals surface area contributed by atoms with Gasteiger partial charge in [-0.15, -0.1) is 0 Å². The highest BCUT2D eigenvalue weighted by atomic mass is 16.4. The van der Waals surface area contributed by atoms with E-state index in [1.54, 1.807) is 30.7 Å². The number of aryl methyl sites for hydroxylation is 1. The van der Waals surface area contributed by atoms with Gasteiger partial charge in [-0.05, 0) is 19.1 Å². The first-order valence-electron chi connectivity index (χ1n) is 6.46. The Morgan fingerprint density at radius 1 is 1.45 bits per heavy atom. The number of nitrogens with one attached hydrogen (secondary N) is 1. The van der Waals surface area contributed by atoms with Crippen LogP contribution in [0.3, 0.4) is 0 Å². The van der Waals surface area contributed by atoms with Crippen LogP contribution in [0.1, 0.15) is 36.1 Å². The number of benzene rings is 1. The highest BCUT2D eigenvalue weighted by molar-refractivity contribution is 6.01. The molecule has 1 unspecified atom stereocenters. The van der Waals surface area contributed by atoms with Crippen LogP contribution in [0.5, 0.6) is 0 Å². The van der Waals surface area contributed by atoms with E-state index in [-0.39, 0.29) is 11.5 Å². The van der Waals surface area contributed by atoms with Crippen molar-refractivity contribution in [2.24, 2.45) is 0 Å². The maximum Gasteiger partial charge on any atom is 0.337 e. The van der Waals surface area contributed by atoms with Gasteiger partial charge in [-0.2, -0.15) is 0 Å². The van der Waals surface area contributed by atoms with Gasteiger partial charge < -0.3 is 15.0 Å². The largest absolute Gasteiger partial charge is 0.478 e. The number of amides is 1. The van der Waals surface area contributed by atoms with Crippen LogP contribution in [-0.2, 0) is 11.2 Å². The summed E-state index contributed by atoms with van der Waals surface area (Å²) in [6.45, 7) is 3.70. The molecule has 20 heavy (non-hydrogen) atoms. The van der Waals surface area contributed by atoms with Crippen LogP contribution in [0.2, 0.25) is 0 Å². The van der Waals surface area contributed by atoms with E-state index in [9.17, 15) is 14.7 Å². The van der Waals surface area contributed by atoms with Gasteiger partial charge in [0, 0.05) is 13.5 Å². The lowest BCUT2D eigenvalue weighted by molar-refractivity contribution is -0.123. The van der Waals surface area contributed by atoms with Gasteiger partial charge >= 0.3 is 5.97 Å². The van der Waals surface area contributed by atoms with Gasteiger partial charge in [-0.3, -0.25) is 4.79 Å². The topological polar surface area (TPSA) is 84.2 Å². The Kier molecular flexibility index (Phi) is 3.74. The Balaban J connectivity index is 2.73. The second-order valence-corrected chi connectivity index (χ2v) is 4.52. The number of carbonyl (C=O) groups excluding carboxylic acids is 1. The van der Waals surface area contributed by atoms with E-state index in [1.165, 1.54) is 6.07 Å². The Hall–Kier alpha value is -2.37. The van der Waals surface area contributed by atoms with Crippen molar-refractivity contribution in [2.75, 3.05) is 7.05 Å². The molecule has 106 valence electrons. The number of likely N-dealkylation sites (N-methyl/N-ethyl adjacent to an activating group) is 1. The Morgan fingerprint density at radius 3 is 2.70 bits per heavy atom. The summed E-state index contributed by atoms with van der Waals surface area (Å²) in [6.07, 6.45) is 0.620. The normalized spacial score (nSPS) is 12.3. The summed E-state index contributed by atoms with van der Waals surface area (Å²) in [5.74, 6) is -0.458. The molecule has 1 amide bonds. The predicted octanol–water partition coefficient (Wildman–Crippen LogP) is 1.60. The van der Waals surface area contributed by atoms with Crippen molar-refractivity contribution in [2.45, 2.75) is 26.3 Å². The number of aromatic carboxylic acids is 1. The van der Waals surface area contributed by atoms with E-state index in [0.29, 0.717) is 23.3 Å². The van der Waals surface area contributed by atoms with Crippen LogP contribution in [-0.4, -0.2) is 33.6 Å². The van der Waals surface area contributed by atoms with Gasteiger partial charge in [-0.25, -0.2) is 9.78 Å². The monoisotopic (exact) mass is 275 g/mol. The van der Waals surface area contributed by atoms with Crippen LogP contribution in [0.4, 0.5) is 0 Å². The molecular weight excluding hydrogens is 258 g/mol. The second-order valence-electron chi connectivity index (χ2n) is 4.52. The van der Waals surface area contributed by atoms with E-state index in [2.05, 4.69) is 10.3 Å². The molecule has 1 heterocycles. The maximum atomic E-state index is 11.9. The van der Waals surface area contributed by atoms with Crippen molar-refractivity contribution in [3.8, 4) is 0 Å². The molecular formula is C14H17N3O3. The zero-order valence-corrected chi connectivity index (χ0v) is 11.7. The Labute approximate surface area is 116 Å². The molecule has 1 aromatic heterocycles. The second kappa shape index (κ2) is 5.32. The number of fused-ring (bicyclic) bond motifs is 1. The van der Waals surface area contributed by atoms with Crippen LogP contribution in [0, 0.1) is 0 Å². The Bertz CT molecular complexity index is 676. The summed E-state index contributed by atoms with van der Waals surface area (Å²) in [6, 6.07) is 4.53. The SMILES string of the molecule is CCc1nc2c(C(=O)O)cccc2n1C(C)C(=O)NC. The molecule has 0 aliphatic carbocycles. The number of aromatic nitrogens is 2. The molecule has 0 aliphatic rings. The van der Waals surface area contributed by atoms with Crippen molar-refractivity contribution < 1.29 is 14.7 Å². The minimum atomic E-state index is -1.02. The quantitative estimate of drug-likeness (QED) is 0.887. The molecule has 1 atom stereocenters. The molecule has 0 bridgehead atoms. The lowest BCUT2D eigenvalue weighted by atomic mass is 10.2. The summed E-state index contributed by atoms with van der Waals surface area (Å²) in [5.41, 5.74) is 1.24. The summed E-state index contributed by atoms with van der Waals surface area (Å²) >= 11 is 0. The number of para-hydroxylation sites is 1. The van der Waals surface area contributed by atoms with Gasteiger partial charge in [0.2, 0.25) is 5.91 Å². The lowest BCUT2D eigenvalue weighted by Crippen LogP contribution is -2.28. The van der Waals surface area contributed by atoms with Gasteiger partial charge in [0.05, 0.1) is 11.1 Å². The van der Waals surface area contributed by atoms with Crippen molar-refractivity contribution in [1.29, 1.82) is 0 Å². The molecule has 0 radical (unpaired) electrons. The number of nitrogens with zero attached hydrogens (tertiary/aromatic N) is 2. The minimum Gasteiger partial charge on any atom is -0.478 e. The average Bonchev–Trinajstić information content (AvgIpc) is 2.83. The van der Waals surface area contributed by atoms with E-state index < -0.39 is 12.0 Å². The van der Waals surface area contributed by atoms with E-state index in [0.717, 1.165) is 0 Å². The first kappa shape index (κ1) is 14.0. The Morgan fingerprint density at radius 2 is 2.15 bits per heavy atom. The molecule has 2 N–H and O–H groups in total. The summed E-state index contributed by atoms with van der Waals surface area (Å²) in [4.78, 5) is 27.5. The van der Waals surface area contributed by atoms with Crippen molar-refractivity contribution in [3.05, 3.63) is 29.6 Å². The van der Waals surface area contributed by atoms with Gasteiger partial charge in [-0.1, -0.05) is 13.0 Å². The van der Waals surface area contributed by atoms with Crippen LogP contribution >= 0.6 is 0 Å². The average molecular weight is 275 g/mol. The predicted molar refractivity (Wildman–Crippen MR) is 74.8 cm³/mol. The number of hydrogen-bond donors (Lipinski definition) is 2. The van der Waals surface area contributed by atoms with E-state index >= 15 is 0 Å². The molecule has 0 saturated carbocycles. The molecule has 2 rings (SSSR count). The lowest BCUT2D eigenvalue weighted by Gasteiger charge is -2.15. The summed E-state index contributed by atoms with van der Waals surface area (Å²) < 4.78 is 1.79. The van der Waals surface area contributed by atoms with Crippen LogP contribution in [0.15, 0.2) is 18.2 Å². The van der Waals surface area contributed by atoms with Gasteiger partial charge in [0.25, 0.3) is 0 Å². The van der Waals surface area contributed by atoms with Crippen molar-refractivity contribution in [3.63, 3.8) is 0 Å². The molecule has 6 heteroatoms. The number of carboxylic acids is 1. The zero-order chi connectivity index (χ0) is 14.9. The smallest absolute Gasteiger partial charge is 0.337 e. The minimum absolute atomic E-state index is 0.139. The molecule has 0 saturated heterocycles. The van der Waals surface area contributed by atoms with Crippen LogP contribution in [0.25, 0.3) is 11.0 Å². The fourth-order valence-electron chi connectivity index (χ4n) is 2.35. The van der Waals surface area contributed by atoms with Crippen molar-refractivity contribution >= 4 is 22.9 Å². The number of rotatable bonds is 4. The first-order valence-corrected chi connectivity index (χ1v) is 6.46. The summed E-state index contributed by atoms with van der Waals surface area (Å²) in [7, 11) is 1.58. The number of carbonyl (C=O) groups is 2. The molecule has 1 aromatic carbocycles. The molecule has 0 aliphatic heterocycles. The maximum absolute atomic E-state index is 11.9. The highest BCUT2D eigenvalue weighted by Crippen LogP contribution is 2.24. The fraction of sp³-hybridized carbons (Fsp3) is 0.357. The third-order valence-electron chi connectivity index (χ3n) is 3.35. The third kappa shape index (κ3) is 2.13. The van der Waals surface area contributed by atoms with Crippen molar-refractivity contribution in [1.82, 2.24) is 14.9 Å². The van der Waals surface area contributed by atoms with Gasteiger partial charge in [0.1, 0.15) is 17.4 Å².